The lowest BCUT2D eigenvalue weighted by Gasteiger charge is -2.28. The van der Waals surface area contributed by atoms with Crippen LogP contribution in [0, 0.1) is 0 Å². The van der Waals surface area contributed by atoms with Gasteiger partial charge < -0.3 is 16.0 Å². The van der Waals surface area contributed by atoms with Crippen molar-refractivity contribution in [3.05, 3.63) is 94.5 Å². The summed E-state index contributed by atoms with van der Waals surface area (Å²) >= 11 is 5.86. The van der Waals surface area contributed by atoms with Gasteiger partial charge in [0.1, 0.15) is 6.17 Å². The summed E-state index contributed by atoms with van der Waals surface area (Å²) < 4.78 is 0. The van der Waals surface area contributed by atoms with Crippen LogP contribution in [0.2, 0.25) is 5.02 Å². The SMILES string of the molecule is O=C(Nc1cccc([C@H]2NC(=O)c3ccccc3N2)c1)c1ccc(Cl)cc1. The van der Waals surface area contributed by atoms with E-state index in [0.717, 1.165) is 11.3 Å². The normalized spacial score (nSPS) is 15.3. The Kier molecular flexibility index (Phi) is 4.52. The van der Waals surface area contributed by atoms with Crippen LogP contribution < -0.4 is 16.0 Å². The second-order valence-electron chi connectivity index (χ2n) is 6.18. The van der Waals surface area contributed by atoms with Gasteiger partial charge in [-0.25, -0.2) is 0 Å². The largest absolute Gasteiger partial charge is 0.361 e. The Labute approximate surface area is 161 Å². The summed E-state index contributed by atoms with van der Waals surface area (Å²) in [5.41, 5.74) is 3.39. The van der Waals surface area contributed by atoms with E-state index in [1.54, 1.807) is 36.4 Å². The molecule has 4 rings (SSSR count). The molecule has 0 aliphatic carbocycles. The molecular weight excluding hydrogens is 362 g/mol. The number of nitrogens with one attached hydrogen (secondary N) is 3. The Balaban J connectivity index is 1.54. The molecular formula is C21H16ClN3O2. The van der Waals surface area contributed by atoms with E-state index in [1.165, 1.54) is 0 Å². The van der Waals surface area contributed by atoms with E-state index in [9.17, 15) is 9.59 Å². The minimum absolute atomic E-state index is 0.134. The molecule has 2 amide bonds. The number of halogens is 1. The Morgan fingerprint density at radius 1 is 0.926 bits per heavy atom. The number of carbonyl (C=O) groups excluding carboxylic acids is 2. The van der Waals surface area contributed by atoms with Crippen LogP contribution in [0.15, 0.2) is 72.8 Å². The zero-order valence-electron chi connectivity index (χ0n) is 14.2. The van der Waals surface area contributed by atoms with Gasteiger partial charge in [-0.1, -0.05) is 35.9 Å². The van der Waals surface area contributed by atoms with Crippen LogP contribution in [-0.2, 0) is 0 Å². The van der Waals surface area contributed by atoms with Gasteiger partial charge in [-0.05, 0) is 54.1 Å². The van der Waals surface area contributed by atoms with Crippen LogP contribution in [0.4, 0.5) is 11.4 Å². The molecule has 0 unspecified atom stereocenters. The maximum absolute atomic E-state index is 12.4. The molecule has 5 nitrogen and oxygen atoms in total. The number of rotatable bonds is 3. The number of benzene rings is 3. The van der Waals surface area contributed by atoms with Crippen molar-refractivity contribution in [3.8, 4) is 0 Å². The minimum atomic E-state index is -0.375. The second kappa shape index (κ2) is 7.13. The second-order valence-corrected chi connectivity index (χ2v) is 6.62. The zero-order valence-corrected chi connectivity index (χ0v) is 15.0. The maximum Gasteiger partial charge on any atom is 0.255 e. The molecule has 6 heteroatoms. The summed E-state index contributed by atoms with van der Waals surface area (Å²) in [6.45, 7) is 0. The molecule has 0 bridgehead atoms. The maximum atomic E-state index is 12.4. The van der Waals surface area contributed by atoms with E-state index in [0.29, 0.717) is 21.8 Å². The third kappa shape index (κ3) is 3.64. The first kappa shape index (κ1) is 17.1. The Bertz CT molecular complexity index is 1020. The fourth-order valence-electron chi connectivity index (χ4n) is 2.97. The summed E-state index contributed by atoms with van der Waals surface area (Å²) in [5.74, 6) is -0.361. The average Bonchev–Trinajstić information content (AvgIpc) is 2.68. The quantitative estimate of drug-likeness (QED) is 0.631. The highest BCUT2D eigenvalue weighted by Gasteiger charge is 2.24. The van der Waals surface area contributed by atoms with Gasteiger partial charge in [0, 0.05) is 22.0 Å². The predicted octanol–water partition coefficient (Wildman–Crippen LogP) is 4.45. The third-order valence-corrected chi connectivity index (χ3v) is 4.58. The molecule has 3 aromatic rings. The molecule has 1 aliphatic heterocycles. The Morgan fingerprint density at radius 2 is 1.70 bits per heavy atom. The minimum Gasteiger partial charge on any atom is -0.361 e. The lowest BCUT2D eigenvalue weighted by atomic mass is 10.1. The number of hydrogen-bond donors (Lipinski definition) is 3. The smallest absolute Gasteiger partial charge is 0.255 e. The van der Waals surface area contributed by atoms with Crippen molar-refractivity contribution in [2.45, 2.75) is 6.17 Å². The number of para-hydroxylation sites is 1. The fourth-order valence-corrected chi connectivity index (χ4v) is 3.10. The summed E-state index contributed by atoms with van der Waals surface area (Å²) in [4.78, 5) is 24.7. The van der Waals surface area contributed by atoms with Crippen LogP contribution in [0.3, 0.4) is 0 Å². The molecule has 3 aromatic carbocycles. The van der Waals surface area contributed by atoms with Gasteiger partial charge in [0.05, 0.1) is 5.56 Å². The van der Waals surface area contributed by atoms with E-state index in [2.05, 4.69) is 16.0 Å². The first-order valence-corrected chi connectivity index (χ1v) is 8.81. The highest BCUT2D eigenvalue weighted by atomic mass is 35.5. The van der Waals surface area contributed by atoms with Crippen LogP contribution in [0.25, 0.3) is 0 Å². The fraction of sp³-hybridized carbons (Fsp3) is 0.0476. The molecule has 0 spiro atoms. The van der Waals surface area contributed by atoms with Gasteiger partial charge >= 0.3 is 0 Å². The third-order valence-electron chi connectivity index (χ3n) is 4.33. The van der Waals surface area contributed by atoms with Crippen molar-refractivity contribution in [1.29, 1.82) is 0 Å². The van der Waals surface area contributed by atoms with E-state index >= 15 is 0 Å². The highest BCUT2D eigenvalue weighted by molar-refractivity contribution is 6.30. The van der Waals surface area contributed by atoms with Crippen molar-refractivity contribution < 1.29 is 9.59 Å². The average molecular weight is 378 g/mol. The first-order chi connectivity index (χ1) is 13.1. The molecule has 0 saturated heterocycles. The predicted molar refractivity (Wildman–Crippen MR) is 106 cm³/mol. The summed E-state index contributed by atoms with van der Waals surface area (Å²) in [7, 11) is 0. The number of hydrogen-bond acceptors (Lipinski definition) is 3. The topological polar surface area (TPSA) is 70.2 Å². The molecule has 0 fully saturated rings. The molecule has 0 radical (unpaired) electrons. The molecule has 0 saturated carbocycles. The molecule has 1 heterocycles. The molecule has 134 valence electrons. The summed E-state index contributed by atoms with van der Waals surface area (Å²) in [6.07, 6.45) is -0.375. The molecule has 0 aromatic heterocycles. The van der Waals surface area contributed by atoms with Crippen LogP contribution in [-0.4, -0.2) is 11.8 Å². The van der Waals surface area contributed by atoms with Crippen LogP contribution in [0.5, 0.6) is 0 Å². The first-order valence-electron chi connectivity index (χ1n) is 8.43. The van der Waals surface area contributed by atoms with Crippen LogP contribution >= 0.6 is 11.6 Å². The Hall–Kier alpha value is -3.31. The number of anilines is 2. The molecule has 1 atom stereocenters. The van der Waals surface area contributed by atoms with Gasteiger partial charge in [0.25, 0.3) is 11.8 Å². The lowest BCUT2D eigenvalue weighted by molar-refractivity contribution is 0.0934. The van der Waals surface area contributed by atoms with Crippen molar-refractivity contribution in [2.24, 2.45) is 0 Å². The molecule has 3 N–H and O–H groups in total. The van der Waals surface area contributed by atoms with Crippen molar-refractivity contribution in [3.63, 3.8) is 0 Å². The Morgan fingerprint density at radius 3 is 2.52 bits per heavy atom. The highest BCUT2D eigenvalue weighted by Crippen LogP contribution is 2.27. The molecule has 27 heavy (non-hydrogen) atoms. The standard InChI is InChI=1S/C21H16ClN3O2/c22-15-10-8-13(9-11-15)20(26)23-16-5-3-4-14(12-16)19-24-18-7-2-1-6-17(18)21(27)25-19/h1-12,19,24H,(H,23,26)(H,25,27)/t19-/m1/s1. The number of fused-ring (bicyclic) bond motifs is 1. The van der Waals surface area contributed by atoms with Gasteiger partial charge in [-0.2, -0.15) is 0 Å². The van der Waals surface area contributed by atoms with E-state index in [4.69, 9.17) is 11.6 Å². The zero-order chi connectivity index (χ0) is 18.8. The molecule has 1 aliphatic rings. The lowest BCUT2D eigenvalue weighted by Crippen LogP contribution is -2.38. The van der Waals surface area contributed by atoms with Gasteiger partial charge in [0.15, 0.2) is 0 Å². The monoisotopic (exact) mass is 377 g/mol. The van der Waals surface area contributed by atoms with Gasteiger partial charge in [-0.15, -0.1) is 0 Å². The van der Waals surface area contributed by atoms with E-state index in [-0.39, 0.29) is 18.0 Å². The summed E-state index contributed by atoms with van der Waals surface area (Å²) in [6, 6.07) is 21.4. The van der Waals surface area contributed by atoms with Crippen molar-refractivity contribution >= 4 is 34.8 Å². The summed E-state index contributed by atoms with van der Waals surface area (Å²) in [5, 5.41) is 9.67. The van der Waals surface area contributed by atoms with Crippen molar-refractivity contribution in [1.82, 2.24) is 5.32 Å². The van der Waals surface area contributed by atoms with E-state index in [1.807, 2.05) is 36.4 Å². The van der Waals surface area contributed by atoms with E-state index < -0.39 is 0 Å². The van der Waals surface area contributed by atoms with Crippen LogP contribution in [0.1, 0.15) is 32.4 Å². The number of amides is 2. The van der Waals surface area contributed by atoms with Crippen molar-refractivity contribution in [2.75, 3.05) is 10.6 Å². The van der Waals surface area contributed by atoms with Gasteiger partial charge in [-0.3, -0.25) is 9.59 Å². The number of carbonyl (C=O) groups is 2. The van der Waals surface area contributed by atoms with Gasteiger partial charge in [0.2, 0.25) is 0 Å².